The Labute approximate surface area is 153 Å². The number of rotatable bonds is 4. The summed E-state index contributed by atoms with van der Waals surface area (Å²) in [5.74, 6) is -6.49. The van der Waals surface area contributed by atoms with Crippen LogP contribution in [0.5, 0.6) is 0 Å². The summed E-state index contributed by atoms with van der Waals surface area (Å²) in [6.45, 7) is 0. The average molecular weight is 368 g/mol. The molecule has 27 heavy (non-hydrogen) atoms. The van der Waals surface area contributed by atoms with Crippen LogP contribution < -0.4 is 10.6 Å². The minimum Gasteiger partial charge on any atom is -0.481 e. The molecule has 2 aromatic rings. The molecule has 2 aliphatic rings. The Morgan fingerprint density at radius 1 is 1.00 bits per heavy atom. The summed E-state index contributed by atoms with van der Waals surface area (Å²) < 4.78 is 0. The van der Waals surface area contributed by atoms with Gasteiger partial charge in [-0.2, -0.15) is 0 Å². The van der Waals surface area contributed by atoms with Crippen LogP contribution in [0.3, 0.4) is 0 Å². The molecule has 4 atom stereocenters. The number of carboxylic acid groups (broad SMARTS) is 2. The van der Waals surface area contributed by atoms with Gasteiger partial charge in [0.2, 0.25) is 11.8 Å². The van der Waals surface area contributed by atoms with Crippen LogP contribution in [-0.2, 0) is 19.2 Å². The number of nitrogens with one attached hydrogen (secondary N) is 2. The zero-order valence-electron chi connectivity index (χ0n) is 14.0. The van der Waals surface area contributed by atoms with Gasteiger partial charge in [-0.3, -0.25) is 29.8 Å². The standard InChI is InChI=1S/C19H16N2O6/c22-12(23)8-19(18(26)27)14-13(16(24)20-17(14)25)15(21-19)11-7-3-5-9-4-1-2-6-10(9)11/h1-7,13-15,21H,8H2,(H,22,23)(H,26,27)(H,20,24,25). The fraction of sp³-hybridized carbons (Fsp3) is 0.263. The fourth-order valence-corrected chi connectivity index (χ4v) is 4.39. The molecule has 0 aliphatic carbocycles. The van der Waals surface area contributed by atoms with Crippen molar-refractivity contribution in [1.82, 2.24) is 10.6 Å². The normalized spacial score (nSPS) is 29.6. The van der Waals surface area contributed by atoms with Crippen molar-refractivity contribution in [1.29, 1.82) is 0 Å². The second kappa shape index (κ2) is 5.88. The maximum Gasteiger partial charge on any atom is 0.325 e. The molecule has 0 bridgehead atoms. The van der Waals surface area contributed by atoms with Crippen LogP contribution in [0, 0.1) is 11.8 Å². The summed E-state index contributed by atoms with van der Waals surface area (Å²) in [7, 11) is 0. The Morgan fingerprint density at radius 2 is 1.70 bits per heavy atom. The van der Waals surface area contributed by atoms with Gasteiger partial charge >= 0.3 is 11.9 Å². The number of amides is 2. The summed E-state index contributed by atoms with van der Waals surface area (Å²) in [6, 6.07) is 12.0. The van der Waals surface area contributed by atoms with E-state index in [-0.39, 0.29) is 0 Å². The van der Waals surface area contributed by atoms with Gasteiger partial charge in [0.1, 0.15) is 5.54 Å². The van der Waals surface area contributed by atoms with Crippen LogP contribution in [0.1, 0.15) is 18.0 Å². The number of carboxylic acids is 2. The van der Waals surface area contributed by atoms with E-state index in [4.69, 9.17) is 0 Å². The van der Waals surface area contributed by atoms with Crippen molar-refractivity contribution in [3.8, 4) is 0 Å². The summed E-state index contributed by atoms with van der Waals surface area (Å²) in [6.07, 6.45) is -0.814. The Morgan fingerprint density at radius 3 is 2.41 bits per heavy atom. The van der Waals surface area contributed by atoms with Gasteiger partial charge in [0.15, 0.2) is 0 Å². The fourth-order valence-electron chi connectivity index (χ4n) is 4.39. The lowest BCUT2D eigenvalue weighted by atomic mass is 9.77. The molecule has 2 heterocycles. The highest BCUT2D eigenvalue weighted by Crippen LogP contribution is 2.48. The zero-order chi connectivity index (χ0) is 19.3. The summed E-state index contributed by atoms with van der Waals surface area (Å²) in [5.41, 5.74) is -1.41. The van der Waals surface area contributed by atoms with E-state index in [1.165, 1.54) is 0 Å². The predicted molar refractivity (Wildman–Crippen MR) is 92.6 cm³/mol. The number of hydrogen-bond acceptors (Lipinski definition) is 5. The van der Waals surface area contributed by atoms with Gasteiger partial charge in [0.25, 0.3) is 0 Å². The third-order valence-electron chi connectivity index (χ3n) is 5.46. The number of hydrogen-bond donors (Lipinski definition) is 4. The molecule has 0 spiro atoms. The van der Waals surface area contributed by atoms with Crippen LogP contribution in [0.4, 0.5) is 0 Å². The second-order valence-corrected chi connectivity index (χ2v) is 6.89. The maximum atomic E-state index is 12.5. The van der Waals surface area contributed by atoms with Crippen molar-refractivity contribution in [2.24, 2.45) is 11.8 Å². The summed E-state index contributed by atoms with van der Waals surface area (Å²) in [5, 5.41) is 25.8. The minimum absolute atomic E-state index is 0.594. The molecule has 0 radical (unpaired) electrons. The first-order valence-corrected chi connectivity index (χ1v) is 8.40. The molecule has 138 valence electrons. The van der Waals surface area contributed by atoms with Gasteiger partial charge in [-0.1, -0.05) is 42.5 Å². The predicted octanol–water partition coefficient (Wildman–Crippen LogP) is 0.671. The maximum absolute atomic E-state index is 12.5. The van der Waals surface area contributed by atoms with Crippen molar-refractivity contribution < 1.29 is 29.4 Å². The number of imide groups is 1. The van der Waals surface area contributed by atoms with E-state index in [0.29, 0.717) is 5.56 Å². The number of carbonyl (C=O) groups excluding carboxylic acids is 2. The third-order valence-corrected chi connectivity index (χ3v) is 5.46. The molecule has 4 unspecified atom stereocenters. The monoisotopic (exact) mass is 368 g/mol. The van der Waals surface area contributed by atoms with Gasteiger partial charge in [0, 0.05) is 6.04 Å². The van der Waals surface area contributed by atoms with Crippen LogP contribution in [0.2, 0.25) is 0 Å². The topological polar surface area (TPSA) is 133 Å². The third kappa shape index (κ3) is 2.41. The zero-order valence-corrected chi connectivity index (χ0v) is 14.0. The Hall–Kier alpha value is -3.26. The molecule has 2 aliphatic heterocycles. The van der Waals surface area contributed by atoms with Crippen molar-refractivity contribution in [3.63, 3.8) is 0 Å². The molecule has 0 saturated carbocycles. The lowest BCUT2D eigenvalue weighted by Gasteiger charge is -2.28. The van der Waals surface area contributed by atoms with Crippen molar-refractivity contribution >= 4 is 34.5 Å². The molecule has 4 N–H and O–H groups in total. The quantitative estimate of drug-likeness (QED) is 0.583. The van der Waals surface area contributed by atoms with E-state index in [0.717, 1.165) is 10.8 Å². The number of carbonyl (C=O) groups is 4. The molecule has 0 aromatic heterocycles. The Bertz CT molecular complexity index is 997. The summed E-state index contributed by atoms with van der Waals surface area (Å²) in [4.78, 5) is 48.3. The molecule has 4 rings (SSSR count). The molecule has 2 saturated heterocycles. The molecule has 2 amide bonds. The Balaban J connectivity index is 1.91. The number of aliphatic carboxylic acids is 2. The lowest BCUT2D eigenvalue weighted by Crippen LogP contribution is -2.56. The van der Waals surface area contributed by atoms with Gasteiger partial charge in [0.05, 0.1) is 18.3 Å². The van der Waals surface area contributed by atoms with Crippen LogP contribution in [0.25, 0.3) is 10.8 Å². The van der Waals surface area contributed by atoms with Crippen molar-refractivity contribution in [2.75, 3.05) is 0 Å². The highest BCUT2D eigenvalue weighted by molar-refractivity contribution is 6.10. The van der Waals surface area contributed by atoms with Gasteiger partial charge in [-0.25, -0.2) is 0 Å². The first kappa shape index (κ1) is 17.2. The van der Waals surface area contributed by atoms with Crippen LogP contribution in [-0.4, -0.2) is 39.5 Å². The average Bonchev–Trinajstić information content (AvgIpc) is 3.11. The van der Waals surface area contributed by atoms with E-state index in [1.807, 2.05) is 30.3 Å². The highest BCUT2D eigenvalue weighted by atomic mass is 16.4. The number of fused-ring (bicyclic) bond motifs is 2. The van der Waals surface area contributed by atoms with Gasteiger partial charge < -0.3 is 10.2 Å². The number of benzene rings is 2. The van der Waals surface area contributed by atoms with Crippen LogP contribution in [0.15, 0.2) is 42.5 Å². The molecule has 8 nitrogen and oxygen atoms in total. The van der Waals surface area contributed by atoms with E-state index < -0.39 is 53.6 Å². The molecule has 2 aromatic carbocycles. The minimum atomic E-state index is -2.06. The van der Waals surface area contributed by atoms with E-state index >= 15 is 0 Å². The second-order valence-electron chi connectivity index (χ2n) is 6.89. The van der Waals surface area contributed by atoms with Crippen molar-refractivity contribution in [2.45, 2.75) is 18.0 Å². The van der Waals surface area contributed by atoms with E-state index in [2.05, 4.69) is 10.6 Å². The van der Waals surface area contributed by atoms with E-state index in [1.54, 1.807) is 12.1 Å². The SMILES string of the molecule is O=C(O)CC1(C(=O)O)NC(c2cccc3ccccc23)C2C(=O)NC(=O)C21. The smallest absolute Gasteiger partial charge is 0.325 e. The Kier molecular flexibility index (Phi) is 3.74. The summed E-state index contributed by atoms with van der Waals surface area (Å²) >= 11 is 0. The first-order valence-electron chi connectivity index (χ1n) is 8.40. The molecule has 8 heteroatoms. The molecular weight excluding hydrogens is 352 g/mol. The van der Waals surface area contributed by atoms with Gasteiger partial charge in [-0.15, -0.1) is 0 Å². The first-order chi connectivity index (χ1) is 12.8. The molecular formula is C19H16N2O6. The lowest BCUT2D eigenvalue weighted by molar-refractivity contribution is -0.154. The van der Waals surface area contributed by atoms with Gasteiger partial charge in [-0.05, 0) is 16.3 Å². The van der Waals surface area contributed by atoms with E-state index in [9.17, 15) is 29.4 Å². The van der Waals surface area contributed by atoms with Crippen LogP contribution >= 0.6 is 0 Å². The molecule has 2 fully saturated rings. The highest BCUT2D eigenvalue weighted by Gasteiger charge is 2.67. The van der Waals surface area contributed by atoms with Crippen molar-refractivity contribution in [3.05, 3.63) is 48.0 Å². The largest absolute Gasteiger partial charge is 0.481 e.